The molecule has 0 aliphatic rings. The van der Waals surface area contributed by atoms with E-state index in [1.807, 2.05) is 0 Å². The smallest absolute Gasteiger partial charge is 0.149 e. The number of rotatable bonds is 5. The zero-order valence-electron chi connectivity index (χ0n) is 10.7. The molecule has 2 rings (SSSR count). The second-order valence-corrected chi connectivity index (χ2v) is 8.00. The van der Waals surface area contributed by atoms with Gasteiger partial charge in [0.25, 0.3) is 0 Å². The number of imidazole rings is 1. The van der Waals surface area contributed by atoms with E-state index in [1.54, 1.807) is 10.6 Å². The summed E-state index contributed by atoms with van der Waals surface area (Å²) >= 11 is 8.85. The Kier molecular flexibility index (Phi) is 4.71. The predicted octanol–water partition coefficient (Wildman–Crippen LogP) is 2.76. The maximum Gasteiger partial charge on any atom is 0.149 e. The van der Waals surface area contributed by atoms with E-state index in [1.165, 1.54) is 12.3 Å². The first-order chi connectivity index (χ1) is 9.31. The Hall–Kier alpha value is -0.660. The van der Waals surface area contributed by atoms with Gasteiger partial charge in [-0.3, -0.25) is 0 Å². The topological polar surface area (TPSA) is 52.0 Å². The van der Waals surface area contributed by atoms with Gasteiger partial charge in [0.1, 0.15) is 21.5 Å². The van der Waals surface area contributed by atoms with E-state index in [0.29, 0.717) is 33.6 Å². The molecule has 2 aromatic rings. The van der Waals surface area contributed by atoms with Gasteiger partial charge in [-0.25, -0.2) is 17.8 Å². The van der Waals surface area contributed by atoms with Crippen LogP contribution in [0.3, 0.4) is 0 Å². The molecule has 1 aromatic carbocycles. The van der Waals surface area contributed by atoms with E-state index in [4.69, 9.17) is 11.6 Å². The van der Waals surface area contributed by atoms with Crippen LogP contribution in [0.2, 0.25) is 0 Å². The SMILES string of the molecule is CS(=O)(=O)CCn1c(CCCl)nc2cc(Br)c(F)cc21. The Labute approximate surface area is 130 Å². The molecule has 20 heavy (non-hydrogen) atoms. The number of nitrogens with zero attached hydrogens (tertiary/aromatic N) is 2. The molecule has 0 amide bonds. The maximum atomic E-state index is 13.7. The number of hydrogen-bond donors (Lipinski definition) is 0. The van der Waals surface area contributed by atoms with Gasteiger partial charge in [-0.05, 0) is 22.0 Å². The molecule has 0 N–H and O–H groups in total. The fourth-order valence-corrected chi connectivity index (χ4v) is 2.97. The normalized spacial score (nSPS) is 12.2. The molecule has 4 nitrogen and oxygen atoms in total. The number of sulfone groups is 1. The largest absolute Gasteiger partial charge is 0.327 e. The molecule has 0 aliphatic carbocycles. The zero-order chi connectivity index (χ0) is 14.9. The fraction of sp³-hybridized carbons (Fsp3) is 0.417. The number of alkyl halides is 1. The molecule has 1 aromatic heterocycles. The molecule has 8 heteroatoms. The van der Waals surface area contributed by atoms with Crippen LogP contribution in [0.5, 0.6) is 0 Å². The second-order valence-electron chi connectivity index (χ2n) is 4.50. The van der Waals surface area contributed by atoms with Gasteiger partial charge in [0.05, 0.1) is 21.3 Å². The van der Waals surface area contributed by atoms with Crippen molar-refractivity contribution in [2.45, 2.75) is 13.0 Å². The Morgan fingerprint density at radius 2 is 2.15 bits per heavy atom. The standard InChI is InChI=1S/C12H13BrClFN2O2S/c1-20(18,19)5-4-17-11-7-9(15)8(13)6-10(11)16-12(17)2-3-14/h6-7H,2-5H2,1H3. The van der Waals surface area contributed by atoms with E-state index in [0.717, 1.165) is 0 Å². The van der Waals surface area contributed by atoms with E-state index < -0.39 is 15.7 Å². The molecule has 0 saturated heterocycles. The lowest BCUT2D eigenvalue weighted by molar-refractivity contribution is 0.593. The molecule has 0 saturated carbocycles. The summed E-state index contributed by atoms with van der Waals surface area (Å²) in [5.41, 5.74) is 1.20. The van der Waals surface area contributed by atoms with Crippen LogP contribution in [0.4, 0.5) is 4.39 Å². The molecule has 0 radical (unpaired) electrons. The van der Waals surface area contributed by atoms with Gasteiger partial charge >= 0.3 is 0 Å². The quantitative estimate of drug-likeness (QED) is 0.746. The minimum absolute atomic E-state index is 0.0224. The molecule has 0 bridgehead atoms. The third-order valence-corrected chi connectivity index (χ3v) is 4.59. The van der Waals surface area contributed by atoms with Crippen LogP contribution >= 0.6 is 27.5 Å². The summed E-state index contributed by atoms with van der Waals surface area (Å²) in [7, 11) is -3.10. The van der Waals surface area contributed by atoms with Crippen molar-refractivity contribution in [1.82, 2.24) is 9.55 Å². The number of hydrogen-bond acceptors (Lipinski definition) is 3. The van der Waals surface area contributed by atoms with Crippen LogP contribution in [-0.4, -0.2) is 35.9 Å². The van der Waals surface area contributed by atoms with Crippen molar-refractivity contribution in [2.75, 3.05) is 17.9 Å². The highest BCUT2D eigenvalue weighted by Crippen LogP contribution is 2.24. The van der Waals surface area contributed by atoms with Crippen LogP contribution in [0.15, 0.2) is 16.6 Å². The van der Waals surface area contributed by atoms with Gasteiger partial charge in [-0.1, -0.05) is 0 Å². The summed E-state index contributed by atoms with van der Waals surface area (Å²) in [6, 6.07) is 2.94. The van der Waals surface area contributed by atoms with E-state index in [9.17, 15) is 12.8 Å². The minimum atomic E-state index is -3.10. The second kappa shape index (κ2) is 5.99. The van der Waals surface area contributed by atoms with Crippen molar-refractivity contribution in [3.05, 3.63) is 28.2 Å². The first kappa shape index (κ1) is 15.7. The molecule has 0 spiro atoms. The van der Waals surface area contributed by atoms with Crippen LogP contribution in [-0.2, 0) is 22.8 Å². The Bertz CT molecular complexity index is 745. The summed E-state index contributed by atoms with van der Waals surface area (Å²) in [5.74, 6) is 0.601. The van der Waals surface area contributed by atoms with Gasteiger partial charge in [0, 0.05) is 31.2 Å². The van der Waals surface area contributed by atoms with Crippen LogP contribution in [0.25, 0.3) is 11.0 Å². The highest BCUT2D eigenvalue weighted by atomic mass is 79.9. The van der Waals surface area contributed by atoms with Gasteiger partial charge < -0.3 is 4.57 Å². The molecule has 0 atom stereocenters. The minimum Gasteiger partial charge on any atom is -0.327 e. The molecule has 0 unspecified atom stereocenters. The molecule has 110 valence electrons. The molecular formula is C12H13BrClFN2O2S. The number of fused-ring (bicyclic) bond motifs is 1. The first-order valence-corrected chi connectivity index (χ1v) is 9.28. The van der Waals surface area contributed by atoms with Crippen molar-refractivity contribution in [2.24, 2.45) is 0 Å². The van der Waals surface area contributed by atoms with Gasteiger partial charge in [0.2, 0.25) is 0 Å². The average Bonchev–Trinajstić information content (AvgIpc) is 2.64. The van der Waals surface area contributed by atoms with E-state index in [-0.39, 0.29) is 12.3 Å². The summed E-state index contributed by atoms with van der Waals surface area (Å²) in [6.07, 6.45) is 1.67. The van der Waals surface area contributed by atoms with Gasteiger partial charge in [-0.2, -0.15) is 0 Å². The predicted molar refractivity (Wildman–Crippen MR) is 81.5 cm³/mol. The van der Waals surface area contributed by atoms with Crippen LogP contribution < -0.4 is 0 Å². The highest BCUT2D eigenvalue weighted by molar-refractivity contribution is 9.10. The summed E-state index contributed by atoms with van der Waals surface area (Å²) < 4.78 is 38.3. The van der Waals surface area contributed by atoms with Crippen molar-refractivity contribution in [3.8, 4) is 0 Å². The average molecular weight is 384 g/mol. The molecule has 0 aliphatic heterocycles. The van der Waals surface area contributed by atoms with Gasteiger partial charge in [0.15, 0.2) is 0 Å². The Balaban J connectivity index is 2.52. The summed E-state index contributed by atoms with van der Waals surface area (Å²) in [6.45, 7) is 0.239. The number of aryl methyl sites for hydroxylation is 2. The third-order valence-electron chi connectivity index (χ3n) is 2.87. The third kappa shape index (κ3) is 3.51. The first-order valence-electron chi connectivity index (χ1n) is 5.89. The zero-order valence-corrected chi connectivity index (χ0v) is 13.9. The fourth-order valence-electron chi connectivity index (χ4n) is 1.95. The van der Waals surface area contributed by atoms with E-state index in [2.05, 4.69) is 20.9 Å². The van der Waals surface area contributed by atoms with Crippen molar-refractivity contribution in [1.29, 1.82) is 0 Å². The summed E-state index contributed by atoms with van der Waals surface area (Å²) in [5, 5.41) is 0. The van der Waals surface area contributed by atoms with Crippen LogP contribution in [0.1, 0.15) is 5.82 Å². The molecule has 1 heterocycles. The Morgan fingerprint density at radius 3 is 2.75 bits per heavy atom. The number of benzene rings is 1. The number of halogens is 3. The molecule has 0 fully saturated rings. The molecular weight excluding hydrogens is 371 g/mol. The van der Waals surface area contributed by atoms with Crippen molar-refractivity contribution in [3.63, 3.8) is 0 Å². The Morgan fingerprint density at radius 1 is 1.45 bits per heavy atom. The van der Waals surface area contributed by atoms with Gasteiger partial charge in [-0.15, -0.1) is 11.6 Å². The van der Waals surface area contributed by atoms with E-state index >= 15 is 0 Å². The van der Waals surface area contributed by atoms with Crippen molar-refractivity contribution < 1.29 is 12.8 Å². The lowest BCUT2D eigenvalue weighted by Gasteiger charge is -2.07. The van der Waals surface area contributed by atoms with Crippen molar-refractivity contribution >= 4 is 48.4 Å². The highest BCUT2D eigenvalue weighted by Gasteiger charge is 2.14. The van der Waals surface area contributed by atoms with Crippen LogP contribution in [0, 0.1) is 5.82 Å². The monoisotopic (exact) mass is 382 g/mol. The maximum absolute atomic E-state index is 13.7. The lowest BCUT2D eigenvalue weighted by atomic mass is 10.3. The number of aromatic nitrogens is 2. The summed E-state index contributed by atoms with van der Waals surface area (Å²) in [4.78, 5) is 4.39. The lowest BCUT2D eigenvalue weighted by Crippen LogP contribution is -2.13.